The Hall–Kier alpha value is -1.22. The zero-order chi connectivity index (χ0) is 11.4. The van der Waals surface area contributed by atoms with Gasteiger partial charge >= 0.3 is 0 Å². The van der Waals surface area contributed by atoms with Crippen LogP contribution in [0.5, 0.6) is 0 Å². The fraction of sp³-hybridized carbons (Fsp3) is 0.462. The number of piperidine rings is 1. The van der Waals surface area contributed by atoms with Gasteiger partial charge < -0.3 is 5.32 Å². The number of hydrogen-bond acceptors (Lipinski definition) is 2. The first-order valence-corrected chi connectivity index (χ1v) is 5.76. The third kappa shape index (κ3) is 2.67. The van der Waals surface area contributed by atoms with Crippen molar-refractivity contribution >= 4 is 6.29 Å². The Kier molecular flexibility index (Phi) is 3.67. The number of carbonyl (C=O) groups is 1. The Morgan fingerprint density at radius 2 is 2.31 bits per heavy atom. The molecule has 1 aromatic rings. The molecule has 86 valence electrons. The van der Waals surface area contributed by atoms with Gasteiger partial charge in [-0.2, -0.15) is 0 Å². The van der Waals surface area contributed by atoms with Gasteiger partial charge in [-0.25, -0.2) is 4.39 Å². The molecule has 1 N–H and O–H groups in total. The highest BCUT2D eigenvalue weighted by Gasteiger charge is 2.15. The van der Waals surface area contributed by atoms with Crippen molar-refractivity contribution in [3.8, 4) is 0 Å². The van der Waals surface area contributed by atoms with Gasteiger partial charge in [-0.1, -0.05) is 6.42 Å². The van der Waals surface area contributed by atoms with Crippen LogP contribution in [-0.4, -0.2) is 18.9 Å². The summed E-state index contributed by atoms with van der Waals surface area (Å²) in [4.78, 5) is 10.8. The summed E-state index contributed by atoms with van der Waals surface area (Å²) in [5.74, 6) is -0.267. The summed E-state index contributed by atoms with van der Waals surface area (Å²) in [6, 6.07) is 4.75. The molecular weight excluding hydrogens is 205 g/mol. The molecular formula is C13H16FNO. The van der Waals surface area contributed by atoms with E-state index in [2.05, 4.69) is 5.32 Å². The molecule has 0 amide bonds. The Labute approximate surface area is 94.9 Å². The SMILES string of the molecule is O=Cc1ccc(F)cc1CC1CCCCN1. The topological polar surface area (TPSA) is 29.1 Å². The molecule has 1 aliphatic heterocycles. The van der Waals surface area contributed by atoms with Crippen LogP contribution in [-0.2, 0) is 6.42 Å². The van der Waals surface area contributed by atoms with E-state index in [9.17, 15) is 9.18 Å². The summed E-state index contributed by atoms with van der Waals surface area (Å²) in [7, 11) is 0. The number of nitrogens with one attached hydrogen (secondary N) is 1. The summed E-state index contributed by atoms with van der Waals surface area (Å²) >= 11 is 0. The minimum atomic E-state index is -0.267. The van der Waals surface area contributed by atoms with Gasteiger partial charge in [0.1, 0.15) is 12.1 Å². The summed E-state index contributed by atoms with van der Waals surface area (Å²) in [5, 5.41) is 3.40. The van der Waals surface area contributed by atoms with E-state index >= 15 is 0 Å². The van der Waals surface area contributed by atoms with Gasteiger partial charge in [0.25, 0.3) is 0 Å². The molecule has 1 unspecified atom stereocenters. The van der Waals surface area contributed by atoms with E-state index < -0.39 is 0 Å². The monoisotopic (exact) mass is 221 g/mol. The fourth-order valence-electron chi connectivity index (χ4n) is 2.23. The van der Waals surface area contributed by atoms with Crippen molar-refractivity contribution in [3.05, 3.63) is 35.1 Å². The van der Waals surface area contributed by atoms with Crippen LogP contribution in [0, 0.1) is 5.82 Å². The summed E-state index contributed by atoms with van der Waals surface area (Å²) in [6.45, 7) is 1.02. The van der Waals surface area contributed by atoms with Crippen LogP contribution in [0.4, 0.5) is 4.39 Å². The van der Waals surface area contributed by atoms with Crippen molar-refractivity contribution in [3.63, 3.8) is 0 Å². The lowest BCUT2D eigenvalue weighted by Crippen LogP contribution is -2.35. The normalized spacial score (nSPS) is 20.7. The van der Waals surface area contributed by atoms with Crippen LogP contribution < -0.4 is 5.32 Å². The molecule has 2 rings (SSSR count). The van der Waals surface area contributed by atoms with Gasteiger partial charge in [-0.05, 0) is 49.6 Å². The highest BCUT2D eigenvalue weighted by Crippen LogP contribution is 2.16. The number of halogens is 1. The lowest BCUT2D eigenvalue weighted by Gasteiger charge is -2.23. The average Bonchev–Trinajstić information content (AvgIpc) is 2.31. The number of benzene rings is 1. The van der Waals surface area contributed by atoms with E-state index in [0.29, 0.717) is 11.6 Å². The summed E-state index contributed by atoms with van der Waals surface area (Å²) in [5.41, 5.74) is 1.42. The van der Waals surface area contributed by atoms with Crippen LogP contribution in [0.1, 0.15) is 35.2 Å². The molecule has 1 aliphatic rings. The van der Waals surface area contributed by atoms with E-state index in [4.69, 9.17) is 0 Å². The zero-order valence-corrected chi connectivity index (χ0v) is 9.21. The molecule has 2 nitrogen and oxygen atoms in total. The van der Waals surface area contributed by atoms with Crippen LogP contribution in [0.3, 0.4) is 0 Å². The molecule has 0 radical (unpaired) electrons. The number of hydrogen-bond donors (Lipinski definition) is 1. The second-order valence-electron chi connectivity index (χ2n) is 4.31. The van der Waals surface area contributed by atoms with Gasteiger partial charge in [0.15, 0.2) is 0 Å². The third-order valence-corrected chi connectivity index (χ3v) is 3.11. The number of aldehydes is 1. The minimum absolute atomic E-state index is 0.267. The van der Waals surface area contributed by atoms with E-state index in [1.807, 2.05) is 0 Å². The first-order valence-electron chi connectivity index (χ1n) is 5.76. The predicted molar refractivity (Wildman–Crippen MR) is 61.1 cm³/mol. The van der Waals surface area contributed by atoms with E-state index in [0.717, 1.165) is 31.2 Å². The molecule has 3 heteroatoms. The lowest BCUT2D eigenvalue weighted by atomic mass is 9.95. The first-order chi connectivity index (χ1) is 7.79. The maximum Gasteiger partial charge on any atom is 0.150 e. The molecule has 0 aromatic heterocycles. The molecule has 1 fully saturated rings. The predicted octanol–water partition coefficient (Wildman–Crippen LogP) is 2.32. The standard InChI is InChI=1S/C13H16FNO/c14-12-5-4-10(9-16)11(7-12)8-13-3-1-2-6-15-13/h4-5,7,9,13,15H,1-3,6,8H2. The van der Waals surface area contributed by atoms with Crippen molar-refractivity contribution in [2.24, 2.45) is 0 Å². The van der Waals surface area contributed by atoms with Gasteiger partial charge in [0.05, 0.1) is 0 Å². The van der Waals surface area contributed by atoms with Gasteiger partial charge in [0, 0.05) is 11.6 Å². The van der Waals surface area contributed by atoms with Crippen LogP contribution in [0.15, 0.2) is 18.2 Å². The van der Waals surface area contributed by atoms with Crippen molar-refractivity contribution in [1.29, 1.82) is 0 Å². The largest absolute Gasteiger partial charge is 0.314 e. The van der Waals surface area contributed by atoms with Gasteiger partial charge in [0.2, 0.25) is 0 Å². The first kappa shape index (κ1) is 11.3. The molecule has 0 spiro atoms. The van der Waals surface area contributed by atoms with Crippen LogP contribution >= 0.6 is 0 Å². The average molecular weight is 221 g/mol. The number of rotatable bonds is 3. The second kappa shape index (κ2) is 5.21. The molecule has 1 aromatic carbocycles. The van der Waals surface area contributed by atoms with Gasteiger partial charge in [-0.3, -0.25) is 4.79 Å². The molecule has 1 saturated heterocycles. The van der Waals surface area contributed by atoms with Crippen molar-refractivity contribution < 1.29 is 9.18 Å². The summed E-state index contributed by atoms with van der Waals surface area (Å²) < 4.78 is 13.1. The molecule has 0 aliphatic carbocycles. The van der Waals surface area contributed by atoms with Crippen molar-refractivity contribution in [2.45, 2.75) is 31.7 Å². The van der Waals surface area contributed by atoms with E-state index in [1.54, 1.807) is 6.07 Å². The van der Waals surface area contributed by atoms with E-state index in [1.165, 1.54) is 25.0 Å². The Morgan fingerprint density at radius 3 is 3.00 bits per heavy atom. The maximum atomic E-state index is 13.1. The Bertz CT molecular complexity index is 372. The van der Waals surface area contributed by atoms with E-state index in [-0.39, 0.29) is 5.82 Å². The highest BCUT2D eigenvalue weighted by molar-refractivity contribution is 5.77. The highest BCUT2D eigenvalue weighted by atomic mass is 19.1. The smallest absolute Gasteiger partial charge is 0.150 e. The van der Waals surface area contributed by atoms with Crippen LogP contribution in [0.2, 0.25) is 0 Å². The van der Waals surface area contributed by atoms with Crippen molar-refractivity contribution in [2.75, 3.05) is 6.54 Å². The molecule has 1 heterocycles. The third-order valence-electron chi connectivity index (χ3n) is 3.11. The van der Waals surface area contributed by atoms with Crippen LogP contribution in [0.25, 0.3) is 0 Å². The van der Waals surface area contributed by atoms with Crippen molar-refractivity contribution in [1.82, 2.24) is 5.32 Å². The zero-order valence-electron chi connectivity index (χ0n) is 9.21. The Morgan fingerprint density at radius 1 is 1.44 bits per heavy atom. The minimum Gasteiger partial charge on any atom is -0.314 e. The second-order valence-corrected chi connectivity index (χ2v) is 4.31. The summed E-state index contributed by atoms with van der Waals surface area (Å²) in [6.07, 6.45) is 5.07. The Balaban J connectivity index is 2.12. The fourth-order valence-corrected chi connectivity index (χ4v) is 2.23. The quantitative estimate of drug-likeness (QED) is 0.794. The van der Waals surface area contributed by atoms with Gasteiger partial charge in [-0.15, -0.1) is 0 Å². The maximum absolute atomic E-state index is 13.1. The molecule has 1 atom stereocenters. The molecule has 0 bridgehead atoms. The lowest BCUT2D eigenvalue weighted by molar-refractivity contribution is 0.112. The number of carbonyl (C=O) groups excluding carboxylic acids is 1. The molecule has 0 saturated carbocycles. The molecule has 16 heavy (non-hydrogen) atoms.